The van der Waals surface area contributed by atoms with Crippen LogP contribution in [0.25, 0.3) is 33.4 Å². The highest BCUT2D eigenvalue weighted by Crippen LogP contribution is 2.30. The van der Waals surface area contributed by atoms with Crippen molar-refractivity contribution in [3.63, 3.8) is 0 Å². The second kappa shape index (κ2) is 10.3. The van der Waals surface area contributed by atoms with Crippen molar-refractivity contribution in [2.45, 2.75) is 39.7 Å². The zero-order valence-corrected chi connectivity index (χ0v) is 24.0. The standard InChI is InChI=1S/C31H31N9O2/c1-17(2)23-14-15-39-29(35-23)26(27(32)37-39)30(41)34-18(3)28-36-24-13-9-12-21(22-16-33-38(5)19(22)4)25(24)31(42)40(28)20-10-7-6-8-11-20/h6-18H,1-5H3,(H2,32,37)(H,34,41)/t18-/m0/s1. The van der Waals surface area contributed by atoms with Gasteiger partial charge in [-0.25, -0.2) is 14.5 Å². The molecule has 0 unspecified atom stereocenters. The zero-order chi connectivity index (χ0) is 29.7. The molecule has 6 aromatic rings. The summed E-state index contributed by atoms with van der Waals surface area (Å²) in [6.07, 6.45) is 3.50. The van der Waals surface area contributed by atoms with Crippen LogP contribution in [0.15, 0.2) is 71.8 Å². The molecule has 6 rings (SSSR count). The molecular formula is C31H31N9O2. The topological polar surface area (TPSA) is 138 Å². The molecule has 1 atom stereocenters. The fourth-order valence-electron chi connectivity index (χ4n) is 5.18. The molecule has 0 fully saturated rings. The molecule has 11 heteroatoms. The van der Waals surface area contributed by atoms with Crippen LogP contribution in [0.3, 0.4) is 0 Å². The summed E-state index contributed by atoms with van der Waals surface area (Å²) in [5.74, 6) is 0.134. The van der Waals surface area contributed by atoms with E-state index < -0.39 is 11.9 Å². The summed E-state index contributed by atoms with van der Waals surface area (Å²) in [4.78, 5) is 37.6. The lowest BCUT2D eigenvalue weighted by molar-refractivity contribution is 0.0940. The van der Waals surface area contributed by atoms with E-state index in [2.05, 4.69) is 20.5 Å². The molecule has 42 heavy (non-hydrogen) atoms. The molecule has 0 saturated heterocycles. The van der Waals surface area contributed by atoms with Gasteiger partial charge in [-0.1, -0.05) is 44.2 Å². The molecule has 11 nitrogen and oxygen atoms in total. The van der Waals surface area contributed by atoms with E-state index in [1.165, 1.54) is 4.52 Å². The maximum Gasteiger partial charge on any atom is 0.266 e. The minimum absolute atomic E-state index is 0.0662. The maximum atomic E-state index is 14.4. The Morgan fingerprint density at radius 3 is 2.43 bits per heavy atom. The summed E-state index contributed by atoms with van der Waals surface area (Å²) >= 11 is 0. The van der Waals surface area contributed by atoms with Gasteiger partial charge in [-0.2, -0.15) is 5.10 Å². The van der Waals surface area contributed by atoms with E-state index in [4.69, 9.17) is 10.7 Å². The number of amides is 1. The number of aromatic nitrogens is 7. The fraction of sp³-hybridized carbons (Fsp3) is 0.226. The third-order valence-corrected chi connectivity index (χ3v) is 7.55. The Bertz CT molecular complexity index is 2040. The van der Waals surface area contributed by atoms with Crippen molar-refractivity contribution < 1.29 is 4.79 Å². The number of benzene rings is 2. The number of carbonyl (C=O) groups excluding carboxylic acids is 1. The van der Waals surface area contributed by atoms with Crippen LogP contribution in [0, 0.1) is 6.92 Å². The van der Waals surface area contributed by atoms with Crippen LogP contribution in [0.1, 0.15) is 60.3 Å². The van der Waals surface area contributed by atoms with Crippen molar-refractivity contribution in [2.24, 2.45) is 7.05 Å². The van der Waals surface area contributed by atoms with Gasteiger partial charge >= 0.3 is 0 Å². The van der Waals surface area contributed by atoms with Gasteiger partial charge in [-0.3, -0.25) is 18.8 Å². The van der Waals surface area contributed by atoms with Crippen LogP contribution in [0.5, 0.6) is 0 Å². The molecule has 0 bridgehead atoms. The molecule has 212 valence electrons. The van der Waals surface area contributed by atoms with Crippen molar-refractivity contribution in [3.05, 3.63) is 100 Å². The first kappa shape index (κ1) is 26.9. The number of hydrogen-bond acceptors (Lipinski definition) is 7. The summed E-state index contributed by atoms with van der Waals surface area (Å²) in [5, 5.41) is 12.1. The number of fused-ring (bicyclic) bond motifs is 2. The van der Waals surface area contributed by atoms with Crippen molar-refractivity contribution >= 4 is 28.3 Å². The molecule has 0 aliphatic heterocycles. The van der Waals surface area contributed by atoms with E-state index in [0.29, 0.717) is 28.1 Å². The smallest absolute Gasteiger partial charge is 0.266 e. The van der Waals surface area contributed by atoms with Crippen molar-refractivity contribution in [3.8, 4) is 16.8 Å². The summed E-state index contributed by atoms with van der Waals surface area (Å²) in [6, 6.07) is 16.0. The van der Waals surface area contributed by atoms with E-state index in [9.17, 15) is 9.59 Å². The predicted molar refractivity (Wildman–Crippen MR) is 162 cm³/mol. The normalized spacial score (nSPS) is 12.3. The molecule has 0 saturated carbocycles. The largest absolute Gasteiger partial charge is 0.381 e. The predicted octanol–water partition coefficient (Wildman–Crippen LogP) is 4.33. The Balaban J connectivity index is 1.50. The lowest BCUT2D eigenvalue weighted by atomic mass is 10.0. The van der Waals surface area contributed by atoms with E-state index >= 15 is 0 Å². The Kier molecular flexibility index (Phi) is 6.56. The molecule has 4 heterocycles. The van der Waals surface area contributed by atoms with Gasteiger partial charge in [-0.15, -0.1) is 5.10 Å². The van der Waals surface area contributed by atoms with E-state index in [0.717, 1.165) is 22.5 Å². The fourth-order valence-corrected chi connectivity index (χ4v) is 5.18. The first-order valence-corrected chi connectivity index (χ1v) is 13.7. The number of aryl methyl sites for hydroxylation is 1. The zero-order valence-electron chi connectivity index (χ0n) is 24.0. The average Bonchev–Trinajstić information content (AvgIpc) is 3.49. The van der Waals surface area contributed by atoms with Crippen LogP contribution in [0.2, 0.25) is 0 Å². The van der Waals surface area contributed by atoms with Gasteiger partial charge in [0, 0.05) is 35.8 Å². The molecule has 0 aliphatic rings. The molecule has 4 aromatic heterocycles. The van der Waals surface area contributed by atoms with Gasteiger partial charge in [0.1, 0.15) is 11.4 Å². The van der Waals surface area contributed by atoms with Crippen LogP contribution < -0.4 is 16.6 Å². The van der Waals surface area contributed by atoms with Gasteiger partial charge < -0.3 is 11.1 Å². The van der Waals surface area contributed by atoms with Crippen LogP contribution in [0.4, 0.5) is 5.82 Å². The van der Waals surface area contributed by atoms with Gasteiger partial charge in [0.15, 0.2) is 11.5 Å². The molecule has 0 radical (unpaired) electrons. The number of nitrogens with two attached hydrogens (primary N) is 1. The highest BCUT2D eigenvalue weighted by atomic mass is 16.2. The second-order valence-electron chi connectivity index (χ2n) is 10.6. The molecule has 0 aliphatic carbocycles. The minimum Gasteiger partial charge on any atom is -0.381 e. The van der Waals surface area contributed by atoms with E-state index in [1.54, 1.807) is 34.6 Å². The number of rotatable bonds is 6. The third kappa shape index (κ3) is 4.39. The maximum absolute atomic E-state index is 14.4. The highest BCUT2D eigenvalue weighted by Gasteiger charge is 2.26. The summed E-state index contributed by atoms with van der Waals surface area (Å²) < 4.78 is 4.82. The average molecular weight is 562 g/mol. The second-order valence-corrected chi connectivity index (χ2v) is 10.6. The number of carbonyl (C=O) groups is 1. The van der Waals surface area contributed by atoms with Crippen molar-refractivity contribution in [1.29, 1.82) is 0 Å². The summed E-state index contributed by atoms with van der Waals surface area (Å²) in [5.41, 5.74) is 11.0. The number of nitrogen functional groups attached to an aromatic ring is 1. The Morgan fingerprint density at radius 2 is 1.74 bits per heavy atom. The van der Waals surface area contributed by atoms with Crippen molar-refractivity contribution in [1.82, 2.24) is 39.2 Å². The number of anilines is 1. The summed E-state index contributed by atoms with van der Waals surface area (Å²) in [6.45, 7) is 7.79. The lowest BCUT2D eigenvalue weighted by Gasteiger charge is -2.20. The first-order chi connectivity index (χ1) is 20.2. The third-order valence-electron chi connectivity index (χ3n) is 7.55. The quantitative estimate of drug-likeness (QED) is 0.309. The van der Waals surface area contributed by atoms with Gasteiger partial charge in [-0.05, 0) is 44.0 Å². The van der Waals surface area contributed by atoms with Gasteiger partial charge in [0.2, 0.25) is 0 Å². The monoisotopic (exact) mass is 561 g/mol. The Morgan fingerprint density at radius 1 is 0.976 bits per heavy atom. The molecule has 3 N–H and O–H groups in total. The molecule has 0 spiro atoms. The van der Waals surface area contributed by atoms with Crippen LogP contribution in [-0.2, 0) is 7.05 Å². The number of para-hydroxylation sites is 1. The van der Waals surface area contributed by atoms with Crippen molar-refractivity contribution in [2.75, 3.05) is 5.73 Å². The minimum atomic E-state index is -0.679. The summed E-state index contributed by atoms with van der Waals surface area (Å²) in [7, 11) is 1.86. The SMILES string of the molecule is Cc1c(-c2cccc3nc([C@H](C)NC(=O)c4c(N)nn5ccc(C(C)C)nc45)n(-c4ccccc4)c(=O)c23)cnn1C. The van der Waals surface area contributed by atoms with Crippen LogP contribution >= 0.6 is 0 Å². The first-order valence-electron chi connectivity index (χ1n) is 13.7. The van der Waals surface area contributed by atoms with Gasteiger partial charge in [0.05, 0.1) is 28.8 Å². The number of nitrogens with zero attached hydrogens (tertiary/aromatic N) is 7. The number of nitrogens with one attached hydrogen (secondary N) is 1. The number of hydrogen-bond donors (Lipinski definition) is 2. The highest BCUT2D eigenvalue weighted by molar-refractivity contribution is 6.04. The van der Waals surface area contributed by atoms with E-state index in [1.807, 2.05) is 76.3 Å². The van der Waals surface area contributed by atoms with E-state index in [-0.39, 0.29) is 22.9 Å². The lowest BCUT2D eigenvalue weighted by Crippen LogP contribution is -2.33. The van der Waals surface area contributed by atoms with Gasteiger partial charge in [0.25, 0.3) is 11.5 Å². The Hall–Kier alpha value is -5.32. The Labute approximate surface area is 241 Å². The van der Waals surface area contributed by atoms with Crippen LogP contribution in [-0.4, -0.2) is 39.8 Å². The molecular weight excluding hydrogens is 530 g/mol. The molecule has 1 amide bonds. The molecule has 2 aromatic carbocycles.